The summed E-state index contributed by atoms with van der Waals surface area (Å²) < 4.78 is 46.7. The third kappa shape index (κ3) is 10.4. The summed E-state index contributed by atoms with van der Waals surface area (Å²) in [6.07, 6.45) is 3.60. The zero-order chi connectivity index (χ0) is 32.4. The molecule has 0 radical (unpaired) electrons. The highest BCUT2D eigenvalue weighted by atomic mass is 35.5. The molecule has 1 amide bonds. The Kier molecular flexibility index (Phi) is 12.6. The van der Waals surface area contributed by atoms with Crippen LogP contribution in [0, 0.1) is 12.8 Å². The number of aromatic nitrogens is 1. The SMILES string of the molecule is COC(=O)[C@H]1CCC[C@H](Oc2ccc(-c3sc(Cl)cc3COC(=O)N(C)CCCCOS(=O)(=O)Cc3ccccc3)nc2C)C1. The molecule has 3 aromatic rings. The normalized spacial score (nSPS) is 16.6. The minimum Gasteiger partial charge on any atom is -0.489 e. The number of ether oxygens (including phenoxy) is 3. The van der Waals surface area contributed by atoms with Crippen molar-refractivity contribution in [1.29, 1.82) is 0 Å². The predicted octanol–water partition coefficient (Wildman–Crippen LogP) is 6.78. The fraction of sp³-hybridized carbons (Fsp3) is 0.469. The van der Waals surface area contributed by atoms with Crippen LogP contribution in [0.4, 0.5) is 4.79 Å². The summed E-state index contributed by atoms with van der Waals surface area (Å²) in [6, 6.07) is 14.3. The molecule has 1 fully saturated rings. The van der Waals surface area contributed by atoms with Gasteiger partial charge in [-0.1, -0.05) is 41.9 Å². The maximum atomic E-state index is 12.7. The fourth-order valence-corrected chi connectivity index (χ4v) is 7.41. The number of aryl methyl sites for hydroxylation is 1. The number of nitrogens with zero attached hydrogens (tertiary/aromatic N) is 2. The fourth-order valence-electron chi connectivity index (χ4n) is 5.13. The number of rotatable bonds is 14. The van der Waals surface area contributed by atoms with Crippen LogP contribution in [0.15, 0.2) is 48.5 Å². The first-order valence-electron chi connectivity index (χ1n) is 14.8. The molecular weight excluding hydrogens is 640 g/mol. The van der Waals surface area contributed by atoms with Gasteiger partial charge < -0.3 is 19.1 Å². The second-order valence-electron chi connectivity index (χ2n) is 11.0. The molecule has 1 aliphatic carbocycles. The molecule has 2 heterocycles. The Balaban J connectivity index is 1.24. The predicted molar refractivity (Wildman–Crippen MR) is 173 cm³/mol. The van der Waals surface area contributed by atoms with Crippen molar-refractivity contribution in [3.05, 3.63) is 69.7 Å². The van der Waals surface area contributed by atoms with Gasteiger partial charge >= 0.3 is 12.1 Å². The summed E-state index contributed by atoms with van der Waals surface area (Å²) >= 11 is 7.69. The van der Waals surface area contributed by atoms with E-state index in [0.717, 1.165) is 29.7 Å². The lowest BCUT2D eigenvalue weighted by Crippen LogP contribution is -2.30. The molecule has 0 unspecified atom stereocenters. The van der Waals surface area contributed by atoms with Crippen molar-refractivity contribution in [2.45, 2.75) is 63.9 Å². The number of carbonyl (C=O) groups is 2. The Hall–Kier alpha value is -3.19. The van der Waals surface area contributed by atoms with Crippen molar-refractivity contribution in [2.75, 3.05) is 27.3 Å². The van der Waals surface area contributed by atoms with Gasteiger partial charge in [0, 0.05) is 19.2 Å². The van der Waals surface area contributed by atoms with Gasteiger partial charge in [0.25, 0.3) is 10.1 Å². The first-order chi connectivity index (χ1) is 21.5. The lowest BCUT2D eigenvalue weighted by molar-refractivity contribution is -0.147. The van der Waals surface area contributed by atoms with Crippen LogP contribution in [0.2, 0.25) is 4.34 Å². The monoisotopic (exact) mass is 678 g/mol. The summed E-state index contributed by atoms with van der Waals surface area (Å²) in [4.78, 5) is 31.6. The number of hydrogen-bond acceptors (Lipinski definition) is 10. The molecule has 45 heavy (non-hydrogen) atoms. The number of pyridine rings is 1. The second-order valence-corrected chi connectivity index (χ2v) is 14.3. The van der Waals surface area contributed by atoms with Gasteiger partial charge in [-0.25, -0.2) is 9.78 Å². The highest BCUT2D eigenvalue weighted by molar-refractivity contribution is 7.85. The van der Waals surface area contributed by atoms with Crippen LogP contribution in [0.3, 0.4) is 0 Å². The second kappa shape index (κ2) is 16.4. The highest BCUT2D eigenvalue weighted by Crippen LogP contribution is 2.37. The third-order valence-electron chi connectivity index (χ3n) is 7.50. The van der Waals surface area contributed by atoms with Gasteiger partial charge in [-0.3, -0.25) is 8.98 Å². The van der Waals surface area contributed by atoms with Crippen molar-refractivity contribution in [3.63, 3.8) is 0 Å². The number of carbonyl (C=O) groups excluding carboxylic acids is 2. The van der Waals surface area contributed by atoms with Crippen molar-refractivity contribution in [1.82, 2.24) is 9.88 Å². The summed E-state index contributed by atoms with van der Waals surface area (Å²) in [7, 11) is -0.640. The molecule has 1 saturated carbocycles. The molecule has 2 atom stereocenters. The molecule has 10 nitrogen and oxygen atoms in total. The van der Waals surface area contributed by atoms with Gasteiger partial charge in [-0.05, 0) is 69.2 Å². The first kappa shape index (κ1) is 34.7. The van der Waals surface area contributed by atoms with Crippen LogP contribution in [0.25, 0.3) is 10.6 Å². The number of amides is 1. The zero-order valence-corrected chi connectivity index (χ0v) is 28.1. The lowest BCUT2D eigenvalue weighted by Gasteiger charge is -2.28. The molecular formula is C32H39ClN2O8S2. The number of benzene rings is 1. The van der Waals surface area contributed by atoms with E-state index in [4.69, 9.17) is 35.0 Å². The van der Waals surface area contributed by atoms with Gasteiger partial charge in [0.1, 0.15) is 18.1 Å². The van der Waals surface area contributed by atoms with Crippen LogP contribution in [-0.2, 0) is 40.9 Å². The van der Waals surface area contributed by atoms with Crippen LogP contribution in [-0.4, -0.2) is 63.8 Å². The number of methoxy groups -OCH3 is 1. The Morgan fingerprint density at radius 1 is 1.11 bits per heavy atom. The Bertz CT molecular complexity index is 1550. The minimum atomic E-state index is -3.68. The average Bonchev–Trinajstić information content (AvgIpc) is 3.40. The van der Waals surface area contributed by atoms with E-state index in [1.54, 1.807) is 37.4 Å². The molecule has 13 heteroatoms. The summed E-state index contributed by atoms with van der Waals surface area (Å²) in [5.41, 5.74) is 2.79. The van der Waals surface area contributed by atoms with Crippen LogP contribution in [0.1, 0.15) is 55.3 Å². The van der Waals surface area contributed by atoms with E-state index in [1.807, 2.05) is 25.1 Å². The average molecular weight is 679 g/mol. The van der Waals surface area contributed by atoms with E-state index in [-0.39, 0.29) is 37.0 Å². The first-order valence-corrected chi connectivity index (χ1v) is 17.6. The topological polar surface area (TPSA) is 121 Å². The van der Waals surface area contributed by atoms with Gasteiger partial charge in [0.2, 0.25) is 0 Å². The molecule has 1 aromatic carbocycles. The van der Waals surface area contributed by atoms with Crippen molar-refractivity contribution >= 4 is 45.1 Å². The lowest BCUT2D eigenvalue weighted by atomic mass is 9.87. The Labute approximate surface area is 273 Å². The van der Waals surface area contributed by atoms with Crippen LogP contribution >= 0.6 is 22.9 Å². The summed E-state index contributed by atoms with van der Waals surface area (Å²) in [5, 5.41) is 0. The molecule has 4 rings (SSSR count). The van der Waals surface area contributed by atoms with Gasteiger partial charge in [-0.15, -0.1) is 11.3 Å². The largest absolute Gasteiger partial charge is 0.489 e. The molecule has 244 valence electrons. The molecule has 0 saturated heterocycles. The van der Waals surface area contributed by atoms with Gasteiger partial charge in [-0.2, -0.15) is 8.42 Å². The molecule has 1 aliphatic rings. The van der Waals surface area contributed by atoms with E-state index in [2.05, 4.69) is 0 Å². The van der Waals surface area contributed by atoms with E-state index in [9.17, 15) is 18.0 Å². The molecule has 0 spiro atoms. The number of unbranched alkanes of at least 4 members (excludes halogenated alkanes) is 1. The maximum absolute atomic E-state index is 12.7. The maximum Gasteiger partial charge on any atom is 0.409 e. The quantitative estimate of drug-likeness (QED) is 0.103. The van der Waals surface area contributed by atoms with Gasteiger partial charge in [0.15, 0.2) is 0 Å². The highest BCUT2D eigenvalue weighted by Gasteiger charge is 2.29. The van der Waals surface area contributed by atoms with Crippen molar-refractivity contribution in [3.8, 4) is 16.3 Å². The Morgan fingerprint density at radius 3 is 2.62 bits per heavy atom. The van der Waals surface area contributed by atoms with E-state index >= 15 is 0 Å². The smallest absolute Gasteiger partial charge is 0.409 e. The summed E-state index contributed by atoms with van der Waals surface area (Å²) in [6.45, 7) is 2.30. The van der Waals surface area contributed by atoms with Crippen molar-refractivity contribution < 1.29 is 36.4 Å². The number of thiophene rings is 1. The molecule has 0 bridgehead atoms. The standard InChI is InChI=1S/C32H39ClN2O8S2/c1-22-28(43-26-13-9-12-24(18-26)31(36)40-3)15-14-27(34-22)30-25(19-29(33)44-30)20-41-32(37)35(2)16-7-8-17-42-45(38,39)21-23-10-5-4-6-11-23/h4-6,10-11,14-15,19,24,26H,7-9,12-13,16-18,20-21H2,1-3H3/t24-,26-/m0/s1. The third-order valence-corrected chi connectivity index (χ3v) is 10.0. The van der Waals surface area contributed by atoms with Crippen LogP contribution in [0.5, 0.6) is 5.75 Å². The van der Waals surface area contributed by atoms with Crippen molar-refractivity contribution in [2.24, 2.45) is 5.92 Å². The zero-order valence-electron chi connectivity index (χ0n) is 25.7. The molecule has 2 aromatic heterocycles. The molecule has 0 N–H and O–H groups in total. The molecule has 0 aliphatic heterocycles. The summed E-state index contributed by atoms with van der Waals surface area (Å²) in [5.74, 6) is 0.133. The number of esters is 1. The van der Waals surface area contributed by atoms with Crippen LogP contribution < -0.4 is 4.74 Å². The number of halogens is 1. The minimum absolute atomic E-state index is 0.0124. The van der Waals surface area contributed by atoms with E-state index < -0.39 is 16.2 Å². The Morgan fingerprint density at radius 2 is 1.89 bits per heavy atom. The van der Waals surface area contributed by atoms with E-state index in [0.29, 0.717) is 52.8 Å². The van der Waals surface area contributed by atoms with E-state index in [1.165, 1.54) is 23.3 Å². The number of hydrogen-bond donors (Lipinski definition) is 0. The van der Waals surface area contributed by atoms with Gasteiger partial charge in [0.05, 0.1) is 46.3 Å².